The number of nitrogens with one attached hydrogen (secondary N) is 1. The van der Waals surface area contributed by atoms with Gasteiger partial charge in [-0.1, -0.05) is 20.3 Å². The molecule has 120 valence electrons. The summed E-state index contributed by atoms with van der Waals surface area (Å²) in [4.78, 5) is 11.8. The summed E-state index contributed by atoms with van der Waals surface area (Å²) < 4.78 is 26.0. The Morgan fingerprint density at radius 3 is 2.67 bits per heavy atom. The zero-order valence-corrected chi connectivity index (χ0v) is 13.6. The van der Waals surface area contributed by atoms with Crippen LogP contribution >= 0.6 is 0 Å². The number of unbranched alkanes of at least 4 members (excludes halogenated alkanes) is 1. The molecule has 1 aromatic rings. The fourth-order valence-corrected chi connectivity index (χ4v) is 2.89. The highest BCUT2D eigenvalue weighted by molar-refractivity contribution is 7.92. The molecule has 1 N–H and O–H groups in total. The zero-order valence-electron chi connectivity index (χ0n) is 12.7. The van der Waals surface area contributed by atoms with Crippen LogP contribution < -0.4 is 5.32 Å². The van der Waals surface area contributed by atoms with Crippen LogP contribution in [0.4, 0.5) is 0 Å². The maximum absolute atomic E-state index is 12.3. The van der Waals surface area contributed by atoms with Crippen LogP contribution in [0.5, 0.6) is 0 Å². The van der Waals surface area contributed by atoms with E-state index in [1.54, 1.807) is 0 Å². The lowest BCUT2D eigenvalue weighted by Gasteiger charge is -2.12. The van der Waals surface area contributed by atoms with Gasteiger partial charge in [-0.3, -0.25) is 4.79 Å². The molecule has 0 aliphatic rings. The molecule has 0 spiro atoms. The van der Waals surface area contributed by atoms with Gasteiger partial charge in [0.25, 0.3) is 0 Å². The van der Waals surface area contributed by atoms with E-state index in [0.717, 1.165) is 19.3 Å². The summed E-state index contributed by atoms with van der Waals surface area (Å²) in [5, 5.41) is 12.5. The van der Waals surface area contributed by atoms with E-state index in [9.17, 15) is 13.2 Å². The number of carbonyl (C=O) groups excluding carboxylic acids is 1. The van der Waals surface area contributed by atoms with E-state index < -0.39 is 21.0 Å². The molecule has 1 atom stereocenters. The van der Waals surface area contributed by atoms with Crippen LogP contribution in [-0.2, 0) is 26.9 Å². The summed E-state index contributed by atoms with van der Waals surface area (Å²) in [6.45, 7) is 6.36. The molecule has 1 aromatic heterocycles. The van der Waals surface area contributed by atoms with Gasteiger partial charge in [-0.15, -0.1) is 5.10 Å². The minimum absolute atomic E-state index is 0.276. The van der Waals surface area contributed by atoms with Crippen LogP contribution in [0, 0.1) is 0 Å². The molecule has 0 bridgehead atoms. The van der Waals surface area contributed by atoms with Crippen LogP contribution in [0.3, 0.4) is 0 Å². The van der Waals surface area contributed by atoms with E-state index >= 15 is 0 Å². The molecule has 0 aliphatic heterocycles. The summed E-state index contributed by atoms with van der Waals surface area (Å²) in [6, 6.07) is 0. The highest BCUT2D eigenvalue weighted by Gasteiger charge is 2.29. The third kappa shape index (κ3) is 5.07. The van der Waals surface area contributed by atoms with Gasteiger partial charge in [-0.2, -0.15) is 0 Å². The summed E-state index contributed by atoms with van der Waals surface area (Å²) in [5.74, 6) is -0.534. The van der Waals surface area contributed by atoms with Gasteiger partial charge in [-0.05, 0) is 30.2 Å². The molecule has 8 nitrogen and oxygen atoms in total. The Hall–Kier alpha value is -1.51. The second-order valence-corrected chi connectivity index (χ2v) is 7.23. The van der Waals surface area contributed by atoms with Gasteiger partial charge in [0, 0.05) is 13.1 Å². The lowest BCUT2D eigenvalue weighted by atomic mass is 10.3. The first kappa shape index (κ1) is 17.5. The predicted molar refractivity (Wildman–Crippen MR) is 78.1 cm³/mol. The number of hydrogen-bond acceptors (Lipinski definition) is 6. The number of sulfone groups is 1. The molecule has 21 heavy (non-hydrogen) atoms. The van der Waals surface area contributed by atoms with Crippen molar-refractivity contribution in [3.63, 3.8) is 0 Å². The lowest BCUT2D eigenvalue weighted by Crippen LogP contribution is -2.39. The minimum Gasteiger partial charge on any atom is -0.355 e. The van der Waals surface area contributed by atoms with E-state index in [4.69, 9.17) is 0 Å². The number of hydrogen-bond donors (Lipinski definition) is 1. The van der Waals surface area contributed by atoms with Crippen LogP contribution in [0.1, 0.15) is 45.9 Å². The molecule has 9 heteroatoms. The third-order valence-corrected chi connectivity index (χ3v) is 5.07. The van der Waals surface area contributed by atoms with Crippen LogP contribution in [-0.4, -0.2) is 46.3 Å². The molecule has 1 heterocycles. The van der Waals surface area contributed by atoms with Crippen LogP contribution in [0.15, 0.2) is 0 Å². The van der Waals surface area contributed by atoms with Gasteiger partial charge in [0.2, 0.25) is 5.91 Å². The van der Waals surface area contributed by atoms with E-state index in [1.807, 2.05) is 13.8 Å². The number of aromatic nitrogens is 4. The average Bonchev–Trinajstić information content (AvgIpc) is 2.88. The van der Waals surface area contributed by atoms with Crippen molar-refractivity contribution in [1.29, 1.82) is 0 Å². The first-order chi connectivity index (χ1) is 9.92. The maximum atomic E-state index is 12.3. The monoisotopic (exact) mass is 317 g/mol. The number of carbonyl (C=O) groups is 1. The normalized spacial score (nSPS) is 13.1. The molecule has 1 amide bonds. The van der Waals surface area contributed by atoms with Crippen molar-refractivity contribution in [2.75, 3.05) is 6.54 Å². The van der Waals surface area contributed by atoms with Gasteiger partial charge in [-0.25, -0.2) is 13.1 Å². The first-order valence-electron chi connectivity index (χ1n) is 7.16. The standard InChI is InChI=1S/C12H23N5O3S/c1-4-6-8-17-11(14-15-16-17)9-21(19,20)10(3)12(18)13-7-5-2/h10H,4-9H2,1-3H3,(H,13,18). The second kappa shape index (κ2) is 8.06. The molecule has 1 rings (SSSR count). The maximum Gasteiger partial charge on any atom is 0.238 e. The largest absolute Gasteiger partial charge is 0.355 e. The van der Waals surface area contributed by atoms with Crippen LogP contribution in [0.25, 0.3) is 0 Å². The lowest BCUT2D eigenvalue weighted by molar-refractivity contribution is -0.120. The Balaban J connectivity index is 2.76. The Labute approximate surface area is 125 Å². The Kier molecular flexibility index (Phi) is 6.73. The van der Waals surface area contributed by atoms with Crippen molar-refractivity contribution in [3.05, 3.63) is 5.82 Å². The first-order valence-corrected chi connectivity index (χ1v) is 8.88. The van der Waals surface area contributed by atoms with Crippen molar-refractivity contribution in [3.8, 4) is 0 Å². The Bertz CT molecular complexity index is 555. The Morgan fingerprint density at radius 2 is 2.05 bits per heavy atom. The van der Waals surface area contributed by atoms with E-state index in [1.165, 1.54) is 11.6 Å². The third-order valence-electron chi connectivity index (χ3n) is 3.12. The van der Waals surface area contributed by atoms with Gasteiger partial charge in [0.15, 0.2) is 15.7 Å². The molecule has 1 unspecified atom stereocenters. The topological polar surface area (TPSA) is 107 Å². The van der Waals surface area contributed by atoms with Crippen LogP contribution in [0.2, 0.25) is 0 Å². The fraction of sp³-hybridized carbons (Fsp3) is 0.833. The molecule has 0 saturated carbocycles. The average molecular weight is 317 g/mol. The van der Waals surface area contributed by atoms with Gasteiger partial charge in [0.1, 0.15) is 11.0 Å². The van der Waals surface area contributed by atoms with E-state index in [2.05, 4.69) is 20.8 Å². The van der Waals surface area contributed by atoms with E-state index in [0.29, 0.717) is 13.1 Å². The van der Waals surface area contributed by atoms with Gasteiger partial charge < -0.3 is 5.32 Å². The second-order valence-electron chi connectivity index (χ2n) is 4.91. The van der Waals surface area contributed by atoms with Crippen molar-refractivity contribution >= 4 is 15.7 Å². The van der Waals surface area contributed by atoms with Crippen molar-refractivity contribution in [1.82, 2.24) is 25.5 Å². The minimum atomic E-state index is -3.64. The molecule has 0 aromatic carbocycles. The number of rotatable bonds is 9. The van der Waals surface area contributed by atoms with Gasteiger partial charge in [0.05, 0.1) is 0 Å². The quantitative estimate of drug-likeness (QED) is 0.702. The number of nitrogens with zero attached hydrogens (tertiary/aromatic N) is 4. The predicted octanol–water partition coefficient (Wildman–Crippen LogP) is 0.303. The smallest absolute Gasteiger partial charge is 0.238 e. The van der Waals surface area contributed by atoms with Crippen molar-refractivity contribution in [2.45, 2.75) is 57.6 Å². The molecule has 0 radical (unpaired) electrons. The molecule has 0 aliphatic carbocycles. The highest BCUT2D eigenvalue weighted by Crippen LogP contribution is 2.10. The summed E-state index contributed by atoms with van der Waals surface area (Å²) >= 11 is 0. The Morgan fingerprint density at radius 1 is 1.33 bits per heavy atom. The van der Waals surface area contributed by atoms with Crippen molar-refractivity contribution < 1.29 is 13.2 Å². The molecular weight excluding hydrogens is 294 g/mol. The zero-order chi connectivity index (χ0) is 15.9. The molecule has 0 saturated heterocycles. The van der Waals surface area contributed by atoms with Crippen molar-refractivity contribution in [2.24, 2.45) is 0 Å². The fourth-order valence-electron chi connectivity index (χ4n) is 1.67. The van der Waals surface area contributed by atoms with E-state index in [-0.39, 0.29) is 11.6 Å². The summed E-state index contributed by atoms with van der Waals surface area (Å²) in [6.07, 6.45) is 2.58. The molecule has 0 fully saturated rings. The molecular formula is C12H23N5O3S. The van der Waals surface area contributed by atoms with Gasteiger partial charge >= 0.3 is 0 Å². The summed E-state index contributed by atoms with van der Waals surface area (Å²) in [7, 11) is -3.64. The number of amides is 1. The SMILES string of the molecule is CCCCn1nnnc1CS(=O)(=O)C(C)C(=O)NCCC. The number of tetrazole rings is 1. The summed E-state index contributed by atoms with van der Waals surface area (Å²) in [5.41, 5.74) is 0. The highest BCUT2D eigenvalue weighted by atomic mass is 32.2. The number of aryl methyl sites for hydroxylation is 1.